The van der Waals surface area contributed by atoms with Gasteiger partial charge in [0.05, 0.1) is 6.10 Å². The Kier molecular flexibility index (Phi) is 6.54. The molecule has 78 valence electrons. The molecule has 1 amide bonds. The highest BCUT2D eigenvalue weighted by atomic mass is 16.5. The van der Waals surface area contributed by atoms with Crippen molar-refractivity contribution < 1.29 is 9.53 Å². The summed E-state index contributed by atoms with van der Waals surface area (Å²) in [6.07, 6.45) is 1.42. The number of carbonyl (C=O) groups excluding carboxylic acids is 1. The summed E-state index contributed by atoms with van der Waals surface area (Å²) >= 11 is 0. The summed E-state index contributed by atoms with van der Waals surface area (Å²) in [5, 5.41) is 3.26. The summed E-state index contributed by atoms with van der Waals surface area (Å²) in [6, 6.07) is 0.304. The van der Waals surface area contributed by atoms with E-state index in [2.05, 4.69) is 12.2 Å². The number of methoxy groups -OCH3 is 1. The van der Waals surface area contributed by atoms with Crippen molar-refractivity contribution in [1.29, 1.82) is 0 Å². The molecule has 0 aromatic heterocycles. The number of carbonyl (C=O) groups is 1. The van der Waals surface area contributed by atoms with Gasteiger partial charge in [-0.3, -0.25) is 4.79 Å². The lowest BCUT2D eigenvalue weighted by molar-refractivity contribution is -0.118. The van der Waals surface area contributed by atoms with E-state index in [9.17, 15) is 4.79 Å². The van der Waals surface area contributed by atoms with E-state index in [0.717, 1.165) is 13.0 Å². The minimum absolute atomic E-state index is 0.188. The summed E-state index contributed by atoms with van der Waals surface area (Å²) in [7, 11) is 1.69. The zero-order valence-corrected chi connectivity index (χ0v) is 8.67. The normalized spacial score (nSPS) is 15.3. The van der Waals surface area contributed by atoms with Crippen LogP contribution in [0, 0.1) is 0 Å². The van der Waals surface area contributed by atoms with Crippen molar-refractivity contribution in [3.05, 3.63) is 0 Å². The van der Waals surface area contributed by atoms with E-state index in [0.29, 0.717) is 12.5 Å². The Morgan fingerprint density at radius 3 is 2.62 bits per heavy atom. The lowest BCUT2D eigenvalue weighted by Crippen LogP contribution is -2.37. The molecule has 0 bridgehead atoms. The number of primary amides is 1. The van der Waals surface area contributed by atoms with Crippen molar-refractivity contribution >= 4 is 5.91 Å². The van der Waals surface area contributed by atoms with Crippen LogP contribution in [0.25, 0.3) is 0 Å². The zero-order chi connectivity index (χ0) is 10.3. The first-order valence-electron chi connectivity index (χ1n) is 4.62. The Bertz CT molecular complexity index is 151. The van der Waals surface area contributed by atoms with Gasteiger partial charge in [-0.25, -0.2) is 0 Å². The Morgan fingerprint density at radius 1 is 1.54 bits per heavy atom. The van der Waals surface area contributed by atoms with Gasteiger partial charge in [0.15, 0.2) is 0 Å². The summed E-state index contributed by atoms with van der Waals surface area (Å²) in [5.41, 5.74) is 5.00. The number of nitrogens with two attached hydrogens (primary N) is 1. The number of nitrogens with one attached hydrogen (secondary N) is 1. The summed E-state index contributed by atoms with van der Waals surface area (Å²) in [6.45, 7) is 4.86. The van der Waals surface area contributed by atoms with Crippen LogP contribution in [0.2, 0.25) is 0 Å². The first-order valence-corrected chi connectivity index (χ1v) is 4.62. The van der Waals surface area contributed by atoms with Gasteiger partial charge in [-0.15, -0.1) is 0 Å². The van der Waals surface area contributed by atoms with Crippen LogP contribution in [-0.2, 0) is 9.53 Å². The zero-order valence-electron chi connectivity index (χ0n) is 8.67. The van der Waals surface area contributed by atoms with Gasteiger partial charge in [0.1, 0.15) is 0 Å². The van der Waals surface area contributed by atoms with Crippen molar-refractivity contribution in [2.24, 2.45) is 5.73 Å². The Hall–Kier alpha value is -0.610. The average molecular weight is 188 g/mol. The molecule has 0 fully saturated rings. The van der Waals surface area contributed by atoms with Gasteiger partial charge in [0, 0.05) is 19.6 Å². The number of ether oxygens (including phenoxy) is 1. The third-order valence-electron chi connectivity index (χ3n) is 2.14. The van der Waals surface area contributed by atoms with E-state index >= 15 is 0 Å². The molecule has 0 aromatic rings. The molecular formula is C9H20N2O2. The maximum Gasteiger partial charge on any atom is 0.217 e. The van der Waals surface area contributed by atoms with Crippen LogP contribution in [0.3, 0.4) is 0 Å². The van der Waals surface area contributed by atoms with E-state index in [-0.39, 0.29) is 12.0 Å². The van der Waals surface area contributed by atoms with E-state index in [1.165, 1.54) is 0 Å². The largest absolute Gasteiger partial charge is 0.380 e. The Morgan fingerprint density at radius 2 is 2.15 bits per heavy atom. The van der Waals surface area contributed by atoms with Crippen molar-refractivity contribution in [1.82, 2.24) is 5.32 Å². The van der Waals surface area contributed by atoms with Crippen molar-refractivity contribution in [3.63, 3.8) is 0 Å². The van der Waals surface area contributed by atoms with Crippen molar-refractivity contribution in [2.75, 3.05) is 13.7 Å². The molecule has 2 unspecified atom stereocenters. The average Bonchev–Trinajstić information content (AvgIpc) is 2.10. The highest BCUT2D eigenvalue weighted by molar-refractivity contribution is 5.73. The fraction of sp³-hybridized carbons (Fsp3) is 0.889. The SMILES string of the molecule is COC(C)C(C)NCCCC(N)=O. The van der Waals surface area contributed by atoms with Gasteiger partial charge in [-0.1, -0.05) is 0 Å². The maximum atomic E-state index is 10.4. The molecular weight excluding hydrogens is 168 g/mol. The predicted octanol–water partition coefficient (Wildman–Crippen LogP) is 0.265. The lowest BCUT2D eigenvalue weighted by atomic mass is 10.2. The molecule has 0 aliphatic carbocycles. The van der Waals surface area contributed by atoms with Crippen LogP contribution >= 0.6 is 0 Å². The van der Waals surface area contributed by atoms with E-state index in [1.54, 1.807) is 7.11 Å². The molecule has 0 heterocycles. The number of hydrogen-bond donors (Lipinski definition) is 2. The minimum Gasteiger partial charge on any atom is -0.380 e. The summed E-state index contributed by atoms with van der Waals surface area (Å²) in [5.74, 6) is -0.241. The molecule has 4 heteroatoms. The molecule has 2 atom stereocenters. The fourth-order valence-electron chi connectivity index (χ4n) is 0.962. The van der Waals surface area contributed by atoms with Crippen LogP contribution in [0.1, 0.15) is 26.7 Å². The van der Waals surface area contributed by atoms with Crippen molar-refractivity contribution in [2.45, 2.75) is 38.8 Å². The quantitative estimate of drug-likeness (QED) is 0.563. The smallest absolute Gasteiger partial charge is 0.217 e. The fourth-order valence-corrected chi connectivity index (χ4v) is 0.962. The monoisotopic (exact) mass is 188 g/mol. The highest BCUT2D eigenvalue weighted by Crippen LogP contribution is 1.96. The second-order valence-electron chi connectivity index (χ2n) is 3.25. The molecule has 13 heavy (non-hydrogen) atoms. The van der Waals surface area contributed by atoms with Crippen LogP contribution < -0.4 is 11.1 Å². The van der Waals surface area contributed by atoms with Gasteiger partial charge in [0.2, 0.25) is 5.91 Å². The van der Waals surface area contributed by atoms with E-state index in [4.69, 9.17) is 10.5 Å². The van der Waals surface area contributed by atoms with Gasteiger partial charge in [-0.2, -0.15) is 0 Å². The standard InChI is InChI=1S/C9H20N2O2/c1-7(8(2)13-3)11-6-4-5-9(10)12/h7-8,11H,4-6H2,1-3H3,(H2,10,12). The maximum absolute atomic E-state index is 10.4. The molecule has 0 aliphatic heterocycles. The van der Waals surface area contributed by atoms with Gasteiger partial charge in [-0.05, 0) is 26.8 Å². The van der Waals surface area contributed by atoms with E-state index < -0.39 is 0 Å². The predicted molar refractivity (Wildman–Crippen MR) is 52.4 cm³/mol. The van der Waals surface area contributed by atoms with Gasteiger partial charge >= 0.3 is 0 Å². The minimum atomic E-state index is -0.241. The molecule has 0 rings (SSSR count). The second kappa shape index (κ2) is 6.86. The summed E-state index contributed by atoms with van der Waals surface area (Å²) < 4.78 is 5.14. The number of hydrogen-bond acceptors (Lipinski definition) is 3. The van der Waals surface area contributed by atoms with E-state index in [1.807, 2.05) is 6.92 Å². The number of amides is 1. The number of rotatable bonds is 7. The molecule has 0 radical (unpaired) electrons. The Balaban J connectivity index is 3.36. The molecule has 0 saturated carbocycles. The lowest BCUT2D eigenvalue weighted by Gasteiger charge is -2.19. The highest BCUT2D eigenvalue weighted by Gasteiger charge is 2.09. The van der Waals surface area contributed by atoms with Crippen molar-refractivity contribution in [3.8, 4) is 0 Å². The molecule has 0 aromatic carbocycles. The summed E-state index contributed by atoms with van der Waals surface area (Å²) in [4.78, 5) is 10.4. The third-order valence-corrected chi connectivity index (χ3v) is 2.14. The molecule has 0 saturated heterocycles. The van der Waals surface area contributed by atoms with Gasteiger partial charge < -0.3 is 15.8 Å². The van der Waals surface area contributed by atoms with Crippen LogP contribution in [0.4, 0.5) is 0 Å². The first kappa shape index (κ1) is 12.4. The third kappa shape index (κ3) is 6.54. The second-order valence-corrected chi connectivity index (χ2v) is 3.25. The first-order chi connectivity index (χ1) is 6.07. The molecule has 3 N–H and O–H groups in total. The van der Waals surface area contributed by atoms with Crippen LogP contribution in [0.5, 0.6) is 0 Å². The van der Waals surface area contributed by atoms with Gasteiger partial charge in [0.25, 0.3) is 0 Å². The topological polar surface area (TPSA) is 64.3 Å². The van der Waals surface area contributed by atoms with Crippen LogP contribution in [-0.4, -0.2) is 31.7 Å². The van der Waals surface area contributed by atoms with Crippen LogP contribution in [0.15, 0.2) is 0 Å². The molecule has 4 nitrogen and oxygen atoms in total. The Labute approximate surface area is 79.8 Å². The molecule has 0 spiro atoms. The molecule has 0 aliphatic rings.